The van der Waals surface area contributed by atoms with Gasteiger partial charge in [0.15, 0.2) is 9.84 Å². The first-order valence-electron chi connectivity index (χ1n) is 11.3. The maximum atomic E-state index is 12.4. The number of rotatable bonds is 8. The van der Waals surface area contributed by atoms with Crippen LogP contribution in [0.1, 0.15) is 13.8 Å². The van der Waals surface area contributed by atoms with E-state index in [2.05, 4.69) is 9.88 Å². The van der Waals surface area contributed by atoms with Crippen LogP contribution in [-0.2, 0) is 14.6 Å². The Hall–Kier alpha value is -3.01. The van der Waals surface area contributed by atoms with Crippen LogP contribution in [0.25, 0.3) is 22.5 Å². The minimum Gasteiger partial charge on any atom is -0.492 e. The van der Waals surface area contributed by atoms with Gasteiger partial charge in [-0.25, -0.2) is 18.4 Å². The lowest BCUT2D eigenvalue weighted by Crippen LogP contribution is -2.38. The molecule has 1 aliphatic rings. The highest BCUT2D eigenvalue weighted by Gasteiger charge is 2.19. The van der Waals surface area contributed by atoms with Crippen molar-refractivity contribution in [3.05, 3.63) is 54.7 Å². The Balaban J connectivity index is 1.51. The van der Waals surface area contributed by atoms with E-state index >= 15 is 0 Å². The third-order valence-electron chi connectivity index (χ3n) is 5.79. The van der Waals surface area contributed by atoms with Crippen LogP contribution >= 0.6 is 0 Å². The molecule has 2 heterocycles. The third kappa shape index (κ3) is 5.55. The monoisotopic (exact) mass is 482 g/mol. The highest BCUT2D eigenvalue weighted by atomic mass is 32.2. The van der Waals surface area contributed by atoms with Crippen molar-refractivity contribution in [1.82, 2.24) is 14.9 Å². The maximum absolute atomic E-state index is 12.4. The molecule has 180 valence electrons. The van der Waals surface area contributed by atoms with Gasteiger partial charge in [0.1, 0.15) is 23.9 Å². The average molecular weight is 483 g/mol. The lowest BCUT2D eigenvalue weighted by atomic mass is 10.1. The van der Waals surface area contributed by atoms with Gasteiger partial charge in [0, 0.05) is 30.8 Å². The van der Waals surface area contributed by atoms with E-state index in [0.717, 1.165) is 49.7 Å². The third-order valence-corrected chi connectivity index (χ3v) is 7.96. The van der Waals surface area contributed by atoms with Crippen molar-refractivity contribution in [3.8, 4) is 28.3 Å². The van der Waals surface area contributed by atoms with E-state index in [1.165, 1.54) is 0 Å². The van der Waals surface area contributed by atoms with Crippen molar-refractivity contribution in [2.45, 2.75) is 24.0 Å². The summed E-state index contributed by atoms with van der Waals surface area (Å²) in [5.74, 6) is 1.05. The minimum absolute atomic E-state index is 0.289. The van der Waals surface area contributed by atoms with Crippen LogP contribution in [-0.4, -0.2) is 68.0 Å². The summed E-state index contributed by atoms with van der Waals surface area (Å²) < 4.78 is 36.1. The standard InChI is InChI=1S/C25H30N4O4S/c1-18(2)34(30,31)22-8-6-19(7-9-22)23-17-27-25(26)24(28-23)20-4-3-5-21(16-20)33-15-12-29-10-13-32-14-11-29/h3-9,16-18H,10-15H2,1-2H3,(H2,26,27). The SMILES string of the molecule is CC(C)S(=O)(=O)c1ccc(-c2cnc(N)c(-c3cccc(OCCN4CCOCC4)c3)n2)cc1. The molecule has 0 radical (unpaired) electrons. The second-order valence-electron chi connectivity index (χ2n) is 8.44. The van der Waals surface area contributed by atoms with Gasteiger partial charge in [0.25, 0.3) is 0 Å². The Labute approximate surface area is 200 Å². The molecule has 1 saturated heterocycles. The Morgan fingerprint density at radius 3 is 2.53 bits per heavy atom. The van der Waals surface area contributed by atoms with Crippen LogP contribution in [0, 0.1) is 0 Å². The lowest BCUT2D eigenvalue weighted by molar-refractivity contribution is 0.0322. The van der Waals surface area contributed by atoms with Gasteiger partial charge in [-0.1, -0.05) is 24.3 Å². The van der Waals surface area contributed by atoms with E-state index in [1.54, 1.807) is 44.3 Å². The number of hydrogen-bond acceptors (Lipinski definition) is 8. The summed E-state index contributed by atoms with van der Waals surface area (Å²) in [6.45, 7) is 8.13. The van der Waals surface area contributed by atoms with Crippen molar-refractivity contribution in [2.75, 3.05) is 45.2 Å². The van der Waals surface area contributed by atoms with Crippen LogP contribution in [0.3, 0.4) is 0 Å². The second kappa shape index (κ2) is 10.5. The summed E-state index contributed by atoms with van der Waals surface area (Å²) in [5.41, 5.74) is 8.87. The number of morpholine rings is 1. The van der Waals surface area contributed by atoms with Crippen LogP contribution in [0.5, 0.6) is 5.75 Å². The largest absolute Gasteiger partial charge is 0.492 e. The molecule has 3 aromatic rings. The predicted molar refractivity (Wildman–Crippen MR) is 132 cm³/mol. The molecule has 8 nitrogen and oxygen atoms in total. The Kier molecular flexibility index (Phi) is 7.45. The number of ether oxygens (including phenoxy) is 2. The molecular weight excluding hydrogens is 452 g/mol. The molecule has 1 aromatic heterocycles. The fraction of sp³-hybridized carbons (Fsp3) is 0.360. The zero-order valence-electron chi connectivity index (χ0n) is 19.5. The van der Waals surface area contributed by atoms with Gasteiger partial charge in [-0.3, -0.25) is 4.90 Å². The summed E-state index contributed by atoms with van der Waals surface area (Å²) in [5, 5.41) is -0.482. The first-order chi connectivity index (χ1) is 16.3. The predicted octanol–water partition coefficient (Wildman–Crippen LogP) is 3.29. The summed E-state index contributed by atoms with van der Waals surface area (Å²) in [6.07, 6.45) is 1.59. The quantitative estimate of drug-likeness (QED) is 0.521. The Morgan fingerprint density at radius 2 is 1.82 bits per heavy atom. The Bertz CT molecular complexity index is 1220. The second-order valence-corrected chi connectivity index (χ2v) is 10.9. The topological polar surface area (TPSA) is 108 Å². The number of nitrogens with two attached hydrogens (primary N) is 1. The van der Waals surface area contributed by atoms with Gasteiger partial charge in [0.2, 0.25) is 0 Å². The maximum Gasteiger partial charge on any atom is 0.180 e. The number of sulfone groups is 1. The molecule has 1 aliphatic heterocycles. The molecule has 0 amide bonds. The van der Waals surface area contributed by atoms with Gasteiger partial charge < -0.3 is 15.2 Å². The summed E-state index contributed by atoms with van der Waals surface area (Å²) in [4.78, 5) is 11.6. The van der Waals surface area contributed by atoms with E-state index in [1.807, 2.05) is 24.3 Å². The van der Waals surface area contributed by atoms with Crippen LogP contribution < -0.4 is 10.5 Å². The normalized spacial score (nSPS) is 14.9. The van der Waals surface area contributed by atoms with Gasteiger partial charge in [-0.15, -0.1) is 0 Å². The van der Waals surface area contributed by atoms with Crippen molar-refractivity contribution in [2.24, 2.45) is 0 Å². The molecule has 0 saturated carbocycles. The molecule has 34 heavy (non-hydrogen) atoms. The van der Waals surface area contributed by atoms with Crippen molar-refractivity contribution in [1.29, 1.82) is 0 Å². The fourth-order valence-electron chi connectivity index (χ4n) is 3.69. The number of anilines is 1. The van der Waals surface area contributed by atoms with Crippen LogP contribution in [0.2, 0.25) is 0 Å². The van der Waals surface area contributed by atoms with Crippen molar-refractivity contribution >= 4 is 15.7 Å². The molecule has 9 heteroatoms. The number of nitrogens with zero attached hydrogens (tertiary/aromatic N) is 3. The molecule has 2 aromatic carbocycles. The molecule has 0 atom stereocenters. The molecular formula is C25H30N4O4S. The number of nitrogen functional groups attached to an aromatic ring is 1. The van der Waals surface area contributed by atoms with Crippen molar-refractivity contribution in [3.63, 3.8) is 0 Å². The average Bonchev–Trinajstić information content (AvgIpc) is 2.85. The van der Waals surface area contributed by atoms with E-state index in [4.69, 9.17) is 20.2 Å². The van der Waals surface area contributed by atoms with Crippen molar-refractivity contribution < 1.29 is 17.9 Å². The molecule has 0 bridgehead atoms. The summed E-state index contributed by atoms with van der Waals surface area (Å²) in [6, 6.07) is 14.3. The molecule has 0 spiro atoms. The lowest BCUT2D eigenvalue weighted by Gasteiger charge is -2.26. The fourth-order valence-corrected chi connectivity index (χ4v) is 4.75. The summed E-state index contributed by atoms with van der Waals surface area (Å²) in [7, 11) is -3.33. The van der Waals surface area contributed by atoms with Gasteiger partial charge in [-0.2, -0.15) is 0 Å². The zero-order valence-corrected chi connectivity index (χ0v) is 20.3. The number of hydrogen-bond donors (Lipinski definition) is 1. The molecule has 0 aliphatic carbocycles. The number of aromatic nitrogens is 2. The minimum atomic E-state index is -3.33. The van der Waals surface area contributed by atoms with Gasteiger partial charge in [-0.05, 0) is 38.1 Å². The molecule has 0 unspecified atom stereocenters. The summed E-state index contributed by atoms with van der Waals surface area (Å²) >= 11 is 0. The first kappa shape index (κ1) is 24.1. The Morgan fingerprint density at radius 1 is 1.09 bits per heavy atom. The van der Waals surface area contributed by atoms with E-state index in [-0.39, 0.29) is 4.90 Å². The first-order valence-corrected chi connectivity index (χ1v) is 12.9. The highest BCUT2D eigenvalue weighted by Crippen LogP contribution is 2.29. The van der Waals surface area contributed by atoms with E-state index in [9.17, 15) is 8.42 Å². The molecule has 1 fully saturated rings. The highest BCUT2D eigenvalue weighted by molar-refractivity contribution is 7.92. The van der Waals surface area contributed by atoms with Gasteiger partial charge >= 0.3 is 0 Å². The molecule has 2 N–H and O–H groups in total. The van der Waals surface area contributed by atoms with Crippen LogP contribution in [0.4, 0.5) is 5.82 Å². The van der Waals surface area contributed by atoms with Gasteiger partial charge in [0.05, 0.1) is 35.2 Å². The zero-order chi connectivity index (χ0) is 24.1. The molecule has 4 rings (SSSR count). The number of benzene rings is 2. The smallest absolute Gasteiger partial charge is 0.180 e. The van der Waals surface area contributed by atoms with Crippen LogP contribution in [0.15, 0.2) is 59.6 Å². The van der Waals surface area contributed by atoms with E-state index in [0.29, 0.717) is 23.8 Å². The van der Waals surface area contributed by atoms with E-state index < -0.39 is 15.1 Å².